The van der Waals surface area contributed by atoms with Crippen LogP contribution >= 0.6 is 12.2 Å². The number of rotatable bonds is 5. The summed E-state index contributed by atoms with van der Waals surface area (Å²) in [5.74, 6) is -0.757. The number of nitro benzene ring substituents is 1. The number of nitrogens with zero attached hydrogens (tertiary/aromatic N) is 1. The maximum atomic E-state index is 12.3. The Morgan fingerprint density at radius 3 is 2.56 bits per heavy atom. The first-order valence-corrected chi connectivity index (χ1v) is 8.21. The number of hydrogen-bond acceptors (Lipinski definition) is 6. The summed E-state index contributed by atoms with van der Waals surface area (Å²) in [4.78, 5) is 34.5. The zero-order valence-corrected chi connectivity index (χ0v) is 15.0. The highest BCUT2D eigenvalue weighted by Crippen LogP contribution is 2.17. The van der Waals surface area contributed by atoms with E-state index in [2.05, 4.69) is 16.2 Å². The van der Waals surface area contributed by atoms with Gasteiger partial charge >= 0.3 is 0 Å². The average molecular weight is 388 g/mol. The highest BCUT2D eigenvalue weighted by molar-refractivity contribution is 7.80. The second-order valence-corrected chi connectivity index (χ2v) is 5.51. The van der Waals surface area contributed by atoms with E-state index in [0.29, 0.717) is 12.4 Å². The lowest BCUT2D eigenvalue weighted by Gasteiger charge is -2.12. The van der Waals surface area contributed by atoms with Gasteiger partial charge in [-0.2, -0.15) is 0 Å². The zero-order valence-electron chi connectivity index (χ0n) is 14.2. The number of benzene rings is 2. The van der Waals surface area contributed by atoms with Crippen LogP contribution in [-0.4, -0.2) is 28.5 Å². The Bertz CT molecular complexity index is 887. The molecule has 9 nitrogen and oxygen atoms in total. The molecule has 2 aromatic carbocycles. The molecule has 27 heavy (non-hydrogen) atoms. The van der Waals surface area contributed by atoms with E-state index in [-0.39, 0.29) is 21.9 Å². The molecule has 0 radical (unpaired) electrons. The largest absolute Gasteiger partial charge is 0.493 e. The van der Waals surface area contributed by atoms with Gasteiger partial charge in [-0.15, -0.1) is 0 Å². The molecule has 0 aliphatic rings. The topological polar surface area (TPSA) is 123 Å². The number of non-ortho nitro benzene ring substituents is 1. The van der Waals surface area contributed by atoms with Crippen molar-refractivity contribution in [2.45, 2.75) is 6.92 Å². The molecule has 0 aliphatic carbocycles. The first-order chi connectivity index (χ1) is 12.9. The van der Waals surface area contributed by atoms with E-state index in [9.17, 15) is 19.7 Å². The quantitative estimate of drug-likeness (QED) is 0.406. The molecular weight excluding hydrogens is 372 g/mol. The molecule has 0 aromatic heterocycles. The molecule has 0 atom stereocenters. The molecule has 0 fully saturated rings. The van der Waals surface area contributed by atoms with E-state index in [4.69, 9.17) is 17.0 Å². The number of nitro groups is 1. The summed E-state index contributed by atoms with van der Waals surface area (Å²) in [6.07, 6.45) is 0. The Hall–Kier alpha value is -3.53. The third-order valence-corrected chi connectivity index (χ3v) is 3.47. The number of ether oxygens (including phenoxy) is 1. The molecular formula is C17H16N4O5S. The van der Waals surface area contributed by atoms with E-state index < -0.39 is 16.7 Å². The maximum Gasteiger partial charge on any atom is 0.270 e. The number of carbonyl (C=O) groups is 2. The van der Waals surface area contributed by atoms with E-state index in [1.165, 1.54) is 18.2 Å². The SMILES string of the molecule is CCOc1ccccc1C(=O)NC(=S)NNC(=O)c1cccc([N+](=O)[O-])c1. The second kappa shape index (κ2) is 9.25. The number of nitrogens with one attached hydrogen (secondary N) is 3. The third-order valence-electron chi connectivity index (χ3n) is 3.27. The molecule has 2 rings (SSSR count). The second-order valence-electron chi connectivity index (χ2n) is 5.10. The minimum atomic E-state index is -0.648. The standard InChI is InChI=1S/C17H16N4O5S/c1-2-26-14-9-4-3-8-13(14)16(23)18-17(27)20-19-15(22)11-6-5-7-12(10-11)21(24)25/h3-10H,2H2,1H3,(H,19,22)(H2,18,20,23,27). The van der Waals surface area contributed by atoms with Crippen molar-refractivity contribution >= 4 is 34.8 Å². The first-order valence-electron chi connectivity index (χ1n) is 7.80. The van der Waals surface area contributed by atoms with Gasteiger partial charge in [0.2, 0.25) is 0 Å². The summed E-state index contributed by atoms with van der Waals surface area (Å²) in [6, 6.07) is 11.8. The van der Waals surface area contributed by atoms with E-state index in [1.54, 1.807) is 31.2 Å². The van der Waals surface area contributed by atoms with Crippen molar-refractivity contribution in [3.8, 4) is 5.75 Å². The number of amides is 2. The van der Waals surface area contributed by atoms with Crippen LogP contribution in [-0.2, 0) is 0 Å². The van der Waals surface area contributed by atoms with Crippen molar-refractivity contribution in [3.05, 3.63) is 69.8 Å². The minimum Gasteiger partial charge on any atom is -0.493 e. The minimum absolute atomic E-state index is 0.0625. The van der Waals surface area contributed by atoms with Crippen LogP contribution in [0.4, 0.5) is 5.69 Å². The van der Waals surface area contributed by atoms with E-state index in [1.807, 2.05) is 0 Å². The summed E-state index contributed by atoms with van der Waals surface area (Å²) in [6.45, 7) is 2.19. The molecule has 0 unspecified atom stereocenters. The van der Waals surface area contributed by atoms with Crippen LogP contribution in [0.5, 0.6) is 5.75 Å². The van der Waals surface area contributed by atoms with Gasteiger partial charge in [-0.1, -0.05) is 18.2 Å². The molecule has 0 saturated heterocycles. The molecule has 0 saturated carbocycles. The monoisotopic (exact) mass is 388 g/mol. The molecule has 3 N–H and O–H groups in total. The fraction of sp³-hybridized carbons (Fsp3) is 0.118. The lowest BCUT2D eigenvalue weighted by Crippen LogP contribution is -2.48. The molecule has 0 heterocycles. The van der Waals surface area contributed by atoms with Gasteiger partial charge in [0.1, 0.15) is 5.75 Å². The first kappa shape index (κ1) is 19.8. The Kier molecular flexibility index (Phi) is 6.78. The fourth-order valence-corrected chi connectivity index (χ4v) is 2.23. The molecule has 0 aliphatic heterocycles. The maximum absolute atomic E-state index is 12.3. The van der Waals surface area contributed by atoms with Crippen LogP contribution in [0.15, 0.2) is 48.5 Å². The van der Waals surface area contributed by atoms with Crippen LogP contribution in [0, 0.1) is 10.1 Å². The van der Waals surface area contributed by atoms with Gasteiger partial charge in [0, 0.05) is 17.7 Å². The molecule has 2 amide bonds. The Labute approximate surface area is 159 Å². The van der Waals surface area contributed by atoms with Gasteiger partial charge < -0.3 is 4.74 Å². The van der Waals surface area contributed by atoms with Gasteiger partial charge in [-0.3, -0.25) is 35.9 Å². The number of para-hydroxylation sites is 1. The van der Waals surface area contributed by atoms with Gasteiger partial charge in [0.05, 0.1) is 17.1 Å². The Morgan fingerprint density at radius 1 is 1.11 bits per heavy atom. The Morgan fingerprint density at radius 2 is 1.85 bits per heavy atom. The van der Waals surface area contributed by atoms with Crippen LogP contribution < -0.4 is 20.9 Å². The summed E-state index contributed by atoms with van der Waals surface area (Å²) < 4.78 is 5.38. The summed E-state index contributed by atoms with van der Waals surface area (Å²) in [5, 5.41) is 13.0. The van der Waals surface area contributed by atoms with Crippen LogP contribution in [0.2, 0.25) is 0 Å². The van der Waals surface area contributed by atoms with Crippen molar-refractivity contribution in [2.75, 3.05) is 6.61 Å². The normalized spacial score (nSPS) is 9.81. The third kappa shape index (κ3) is 5.47. The van der Waals surface area contributed by atoms with Crippen LogP contribution in [0.3, 0.4) is 0 Å². The zero-order chi connectivity index (χ0) is 19.8. The highest BCUT2D eigenvalue weighted by atomic mass is 32.1. The fourth-order valence-electron chi connectivity index (χ4n) is 2.08. The molecule has 2 aromatic rings. The number of carbonyl (C=O) groups excluding carboxylic acids is 2. The van der Waals surface area contributed by atoms with Gasteiger partial charge in [-0.05, 0) is 37.3 Å². The lowest BCUT2D eigenvalue weighted by molar-refractivity contribution is -0.384. The lowest BCUT2D eigenvalue weighted by atomic mass is 10.2. The molecule has 0 bridgehead atoms. The molecule has 0 spiro atoms. The van der Waals surface area contributed by atoms with Crippen molar-refractivity contribution < 1.29 is 19.2 Å². The number of thiocarbonyl (C=S) groups is 1. The predicted octanol–water partition coefficient (Wildman–Crippen LogP) is 1.94. The van der Waals surface area contributed by atoms with Crippen LogP contribution in [0.25, 0.3) is 0 Å². The molecule has 140 valence electrons. The summed E-state index contributed by atoms with van der Waals surface area (Å²) in [5.41, 5.74) is 4.77. The van der Waals surface area contributed by atoms with Gasteiger partial charge in [0.25, 0.3) is 17.5 Å². The number of hydrazine groups is 1. The summed E-state index contributed by atoms with van der Waals surface area (Å²) >= 11 is 4.97. The Balaban J connectivity index is 1.94. The number of hydrogen-bond donors (Lipinski definition) is 3. The van der Waals surface area contributed by atoms with Gasteiger partial charge in [-0.25, -0.2) is 0 Å². The van der Waals surface area contributed by atoms with Crippen molar-refractivity contribution in [1.82, 2.24) is 16.2 Å². The van der Waals surface area contributed by atoms with Crippen LogP contribution in [0.1, 0.15) is 27.6 Å². The van der Waals surface area contributed by atoms with E-state index >= 15 is 0 Å². The van der Waals surface area contributed by atoms with Gasteiger partial charge in [0.15, 0.2) is 5.11 Å². The van der Waals surface area contributed by atoms with Crippen molar-refractivity contribution in [2.24, 2.45) is 0 Å². The summed E-state index contributed by atoms with van der Waals surface area (Å²) in [7, 11) is 0. The van der Waals surface area contributed by atoms with Crippen molar-refractivity contribution in [3.63, 3.8) is 0 Å². The molecule has 10 heteroatoms. The predicted molar refractivity (Wildman–Crippen MR) is 101 cm³/mol. The average Bonchev–Trinajstić information content (AvgIpc) is 2.66. The smallest absolute Gasteiger partial charge is 0.270 e. The van der Waals surface area contributed by atoms with E-state index in [0.717, 1.165) is 6.07 Å². The van der Waals surface area contributed by atoms with Crippen molar-refractivity contribution in [1.29, 1.82) is 0 Å². The highest BCUT2D eigenvalue weighted by Gasteiger charge is 2.15.